The van der Waals surface area contributed by atoms with Crippen LogP contribution >= 0.6 is 0 Å². The molecular formula is C17H27NO2. The molecule has 1 fully saturated rings. The van der Waals surface area contributed by atoms with Crippen LogP contribution < -0.4 is 10.1 Å². The SMILES string of the molecule is COCCNCc1cccc(OC2CCCC(C)C2)c1. The van der Waals surface area contributed by atoms with Crippen LogP contribution in [0, 0.1) is 5.92 Å². The lowest BCUT2D eigenvalue weighted by Crippen LogP contribution is -2.24. The van der Waals surface area contributed by atoms with Crippen molar-refractivity contribution in [3.05, 3.63) is 29.8 Å². The summed E-state index contributed by atoms with van der Waals surface area (Å²) in [5.74, 6) is 1.81. The number of rotatable bonds is 7. The highest BCUT2D eigenvalue weighted by Crippen LogP contribution is 2.27. The Morgan fingerprint density at radius 2 is 2.20 bits per heavy atom. The van der Waals surface area contributed by atoms with Gasteiger partial charge in [0.2, 0.25) is 0 Å². The normalized spacial score (nSPS) is 22.7. The van der Waals surface area contributed by atoms with E-state index in [1.807, 2.05) is 0 Å². The molecule has 3 heteroatoms. The summed E-state index contributed by atoms with van der Waals surface area (Å²) < 4.78 is 11.2. The van der Waals surface area contributed by atoms with Crippen LogP contribution in [0.2, 0.25) is 0 Å². The Labute approximate surface area is 122 Å². The molecule has 0 aromatic heterocycles. The fourth-order valence-electron chi connectivity index (χ4n) is 2.81. The lowest BCUT2D eigenvalue weighted by Gasteiger charge is -2.27. The minimum Gasteiger partial charge on any atom is -0.490 e. The van der Waals surface area contributed by atoms with Crippen LogP contribution in [0.1, 0.15) is 38.2 Å². The minimum absolute atomic E-state index is 0.399. The highest BCUT2D eigenvalue weighted by molar-refractivity contribution is 5.28. The lowest BCUT2D eigenvalue weighted by atomic mass is 9.89. The summed E-state index contributed by atoms with van der Waals surface area (Å²) in [5.41, 5.74) is 1.27. The molecule has 0 saturated heterocycles. The molecule has 2 rings (SSSR count). The summed E-state index contributed by atoms with van der Waals surface area (Å²) in [6.45, 7) is 4.81. The van der Waals surface area contributed by atoms with E-state index >= 15 is 0 Å². The summed E-state index contributed by atoms with van der Waals surface area (Å²) in [6.07, 6.45) is 5.43. The standard InChI is InChI=1S/C17H27NO2/c1-14-5-3-7-16(11-14)20-17-8-4-6-15(12-17)13-18-9-10-19-2/h4,6,8,12,14,16,18H,3,5,7,9-11,13H2,1-2H3. The number of benzene rings is 1. The molecule has 20 heavy (non-hydrogen) atoms. The number of nitrogens with one attached hydrogen (secondary N) is 1. The molecule has 1 aliphatic rings. The Bertz CT molecular complexity index is 394. The maximum absolute atomic E-state index is 6.14. The van der Waals surface area contributed by atoms with Crippen LogP contribution in [-0.2, 0) is 11.3 Å². The molecule has 0 radical (unpaired) electrons. The van der Waals surface area contributed by atoms with E-state index in [1.165, 1.54) is 31.2 Å². The summed E-state index contributed by atoms with van der Waals surface area (Å²) in [5, 5.41) is 3.36. The van der Waals surface area contributed by atoms with Crippen molar-refractivity contribution in [1.29, 1.82) is 0 Å². The van der Waals surface area contributed by atoms with E-state index in [2.05, 4.69) is 36.5 Å². The van der Waals surface area contributed by atoms with E-state index in [9.17, 15) is 0 Å². The summed E-state index contributed by atoms with van der Waals surface area (Å²) in [6, 6.07) is 8.43. The van der Waals surface area contributed by atoms with Gasteiger partial charge >= 0.3 is 0 Å². The summed E-state index contributed by atoms with van der Waals surface area (Å²) >= 11 is 0. The van der Waals surface area contributed by atoms with Gasteiger partial charge in [0.25, 0.3) is 0 Å². The third-order valence-electron chi connectivity index (χ3n) is 3.90. The first-order chi connectivity index (χ1) is 9.78. The molecule has 0 bridgehead atoms. The zero-order valence-corrected chi connectivity index (χ0v) is 12.7. The van der Waals surface area contributed by atoms with Gasteiger partial charge in [0.15, 0.2) is 0 Å². The fraction of sp³-hybridized carbons (Fsp3) is 0.647. The van der Waals surface area contributed by atoms with E-state index in [0.29, 0.717) is 6.10 Å². The third-order valence-corrected chi connectivity index (χ3v) is 3.90. The molecule has 3 nitrogen and oxygen atoms in total. The Hall–Kier alpha value is -1.06. The van der Waals surface area contributed by atoms with Gasteiger partial charge in [0.05, 0.1) is 12.7 Å². The van der Waals surface area contributed by atoms with Crippen molar-refractivity contribution in [2.75, 3.05) is 20.3 Å². The van der Waals surface area contributed by atoms with Crippen molar-refractivity contribution in [2.45, 2.75) is 45.3 Å². The van der Waals surface area contributed by atoms with Gasteiger partial charge in [-0.15, -0.1) is 0 Å². The smallest absolute Gasteiger partial charge is 0.120 e. The Balaban J connectivity index is 1.82. The predicted molar refractivity (Wildman–Crippen MR) is 82.1 cm³/mol. The average Bonchev–Trinajstić information content (AvgIpc) is 2.44. The first-order valence-electron chi connectivity index (χ1n) is 7.73. The molecular weight excluding hydrogens is 250 g/mol. The quantitative estimate of drug-likeness (QED) is 0.775. The molecule has 0 spiro atoms. The van der Waals surface area contributed by atoms with Crippen molar-refractivity contribution in [3.63, 3.8) is 0 Å². The van der Waals surface area contributed by atoms with Crippen LogP contribution in [0.25, 0.3) is 0 Å². The third kappa shape index (κ3) is 5.14. The van der Waals surface area contributed by atoms with Gasteiger partial charge in [0.1, 0.15) is 5.75 Å². The number of hydrogen-bond acceptors (Lipinski definition) is 3. The van der Waals surface area contributed by atoms with Gasteiger partial charge in [-0.05, 0) is 42.9 Å². The monoisotopic (exact) mass is 277 g/mol. The fourth-order valence-corrected chi connectivity index (χ4v) is 2.81. The van der Waals surface area contributed by atoms with Crippen molar-refractivity contribution in [1.82, 2.24) is 5.32 Å². The molecule has 1 N–H and O–H groups in total. The first-order valence-corrected chi connectivity index (χ1v) is 7.73. The maximum Gasteiger partial charge on any atom is 0.120 e. The van der Waals surface area contributed by atoms with Gasteiger partial charge in [-0.25, -0.2) is 0 Å². The van der Waals surface area contributed by atoms with E-state index in [0.717, 1.165) is 31.4 Å². The molecule has 1 aliphatic carbocycles. The number of methoxy groups -OCH3 is 1. The maximum atomic E-state index is 6.14. The Morgan fingerprint density at radius 1 is 1.30 bits per heavy atom. The average molecular weight is 277 g/mol. The Kier molecular flexibility index (Phi) is 6.34. The topological polar surface area (TPSA) is 30.5 Å². The Morgan fingerprint density at radius 3 is 3.00 bits per heavy atom. The largest absolute Gasteiger partial charge is 0.490 e. The van der Waals surface area contributed by atoms with E-state index < -0.39 is 0 Å². The van der Waals surface area contributed by atoms with Gasteiger partial charge in [-0.3, -0.25) is 0 Å². The molecule has 2 atom stereocenters. The second kappa shape index (κ2) is 8.28. The van der Waals surface area contributed by atoms with Crippen molar-refractivity contribution < 1.29 is 9.47 Å². The van der Waals surface area contributed by atoms with E-state index in [1.54, 1.807) is 7.11 Å². The molecule has 0 aliphatic heterocycles. The predicted octanol–water partition coefficient (Wildman–Crippen LogP) is 3.38. The highest BCUT2D eigenvalue weighted by Gasteiger charge is 2.20. The van der Waals surface area contributed by atoms with Crippen LogP contribution in [0.5, 0.6) is 5.75 Å². The molecule has 0 heterocycles. The molecule has 112 valence electrons. The van der Waals surface area contributed by atoms with Crippen LogP contribution in [0.3, 0.4) is 0 Å². The van der Waals surface area contributed by atoms with Crippen molar-refractivity contribution >= 4 is 0 Å². The van der Waals surface area contributed by atoms with Crippen LogP contribution in [-0.4, -0.2) is 26.4 Å². The van der Waals surface area contributed by atoms with Gasteiger partial charge in [-0.2, -0.15) is 0 Å². The van der Waals surface area contributed by atoms with Crippen molar-refractivity contribution in [3.8, 4) is 5.75 Å². The number of ether oxygens (including phenoxy) is 2. The zero-order valence-electron chi connectivity index (χ0n) is 12.7. The summed E-state index contributed by atoms with van der Waals surface area (Å²) in [7, 11) is 1.72. The van der Waals surface area contributed by atoms with Crippen LogP contribution in [0.4, 0.5) is 0 Å². The van der Waals surface area contributed by atoms with Crippen molar-refractivity contribution in [2.24, 2.45) is 5.92 Å². The minimum atomic E-state index is 0.399. The van der Waals surface area contributed by atoms with Crippen LogP contribution in [0.15, 0.2) is 24.3 Å². The highest BCUT2D eigenvalue weighted by atomic mass is 16.5. The lowest BCUT2D eigenvalue weighted by molar-refractivity contribution is 0.129. The molecule has 1 saturated carbocycles. The van der Waals surface area contributed by atoms with E-state index in [4.69, 9.17) is 9.47 Å². The zero-order chi connectivity index (χ0) is 14.2. The van der Waals surface area contributed by atoms with Gasteiger partial charge in [0, 0.05) is 20.2 Å². The molecule has 0 amide bonds. The number of hydrogen-bond donors (Lipinski definition) is 1. The molecule has 1 aromatic carbocycles. The van der Waals surface area contributed by atoms with Gasteiger partial charge < -0.3 is 14.8 Å². The van der Waals surface area contributed by atoms with Gasteiger partial charge in [-0.1, -0.05) is 25.5 Å². The molecule has 1 aromatic rings. The van der Waals surface area contributed by atoms with E-state index in [-0.39, 0.29) is 0 Å². The summed E-state index contributed by atoms with van der Waals surface area (Å²) in [4.78, 5) is 0. The first kappa shape index (κ1) is 15.3. The molecule has 2 unspecified atom stereocenters. The second-order valence-corrected chi connectivity index (χ2v) is 5.83. The second-order valence-electron chi connectivity index (χ2n) is 5.83.